The average Bonchev–Trinajstić information content (AvgIpc) is 0.836. The van der Waals surface area contributed by atoms with Crippen LogP contribution in [0.4, 0.5) is 0 Å². The van der Waals surface area contributed by atoms with Crippen LogP contribution >= 0.6 is 101 Å². The van der Waals surface area contributed by atoms with Gasteiger partial charge in [-0.2, -0.15) is 35.9 Å². The summed E-state index contributed by atoms with van der Waals surface area (Å²) in [5.74, 6) is 0.602. The number of Topliss-reactive ketones (excluding diaryl/α,β-unsaturated/α-hetero) is 2. The summed E-state index contributed by atoms with van der Waals surface area (Å²) in [6.45, 7) is 2.67. The summed E-state index contributed by atoms with van der Waals surface area (Å²) >= 11 is 46.8. The molecule has 1 aliphatic heterocycles. The molecule has 594 valence electrons. The summed E-state index contributed by atoms with van der Waals surface area (Å²) < 4.78 is 4.94. The Morgan fingerprint density at radius 1 is 0.550 bits per heavy atom. The second-order valence-electron chi connectivity index (χ2n) is 26.2. The van der Waals surface area contributed by atoms with Crippen molar-refractivity contribution in [2.24, 2.45) is 34.5 Å². The van der Waals surface area contributed by atoms with Crippen molar-refractivity contribution in [1.29, 1.82) is 0 Å². The van der Waals surface area contributed by atoms with E-state index in [1.807, 2.05) is 6.07 Å². The van der Waals surface area contributed by atoms with Crippen LogP contribution in [0.25, 0.3) is 10.4 Å². The molecule has 0 radical (unpaired) electrons. The number of aliphatic hydroxyl groups excluding tert-OH is 3. The molecule has 29 heteroatoms. The van der Waals surface area contributed by atoms with Crippen LogP contribution in [0.2, 0.25) is 40.2 Å². The molecule has 0 aromatic heterocycles. The first-order chi connectivity index (χ1) is 51.6. The molecule has 1 heterocycles. The zero-order valence-electron chi connectivity index (χ0n) is 64.6. The van der Waals surface area contributed by atoms with Crippen LogP contribution in [0.15, 0.2) is 169 Å². The maximum Gasteiger partial charge on any atom is 2.00 e. The zero-order chi connectivity index (χ0) is 78.5. The third-order valence-electron chi connectivity index (χ3n) is 19.2. The topological polar surface area (TPSA) is 289 Å². The number of nitrogens with zero attached hydrogens (tertiary/aromatic N) is 3. The maximum atomic E-state index is 11.0. The van der Waals surface area contributed by atoms with Gasteiger partial charge in [-0.05, 0) is 172 Å². The second kappa shape index (κ2) is 63.5. The van der Waals surface area contributed by atoms with Gasteiger partial charge in [0.1, 0.15) is 11.6 Å². The van der Waals surface area contributed by atoms with Gasteiger partial charge >= 0.3 is 126 Å². The van der Waals surface area contributed by atoms with E-state index in [4.69, 9.17) is 129 Å². The van der Waals surface area contributed by atoms with Crippen molar-refractivity contribution in [3.05, 3.63) is 237 Å². The fourth-order valence-electron chi connectivity index (χ4n) is 13.3. The van der Waals surface area contributed by atoms with Crippen molar-refractivity contribution >= 4 is 158 Å². The molecule has 111 heavy (non-hydrogen) atoms. The largest absolute Gasteiger partial charge is 2.00 e. The number of carbonyl (C=O) groups excluding carboxylic acids is 3. The Balaban J connectivity index is 0. The molecule has 0 amide bonds. The van der Waals surface area contributed by atoms with Gasteiger partial charge in [-0.1, -0.05) is 245 Å². The van der Waals surface area contributed by atoms with Crippen LogP contribution in [0, 0.1) is 29.7 Å². The first kappa shape index (κ1) is 111. The third-order valence-corrected chi connectivity index (χ3v) is 24.6. The summed E-state index contributed by atoms with van der Waals surface area (Å²) in [7, 11) is 0.554. The predicted octanol–water partition coefficient (Wildman–Crippen LogP) is 9.45. The SMILES string of the molecule is C1CCOC1.CO.Clc1c[c-]ccc1Cl.NCC1CCCCC1(O)c1ccc(Cl)c(Cl)c1.O=C1CCCCC1.O=C1CCCCC1CO.O=CO[O-].OCC1CCCCC1(O)c1ccc(Cl)c(Cl)c1.[Br-].[H-].[K+].[K+].[Mg+2].[N-]=[N+]=NCC1CCCCC1(O)c1ccc(Cl)c(Cl)c1.c1ccc(P(c2ccccc2)c2ccccc2)cc1. The van der Waals surface area contributed by atoms with Gasteiger partial charge in [-0.3, -0.25) is 14.4 Å². The number of carbonyl (C=O) groups is 3. The molecule has 5 aliphatic carbocycles. The Bertz CT molecular complexity index is 3560. The second-order valence-corrected chi connectivity index (χ2v) is 31.7. The molecule has 16 nitrogen and oxygen atoms in total. The Kier molecular flexibility index (Phi) is 63.3. The van der Waals surface area contributed by atoms with E-state index in [2.05, 4.69) is 112 Å². The number of azide groups is 1. The van der Waals surface area contributed by atoms with E-state index in [-0.39, 0.29) is 193 Å². The Hall–Kier alpha value is -0.431. The smallest absolute Gasteiger partial charge is 1.00 e. The molecule has 7 unspecified atom stereocenters. The van der Waals surface area contributed by atoms with Gasteiger partial charge in [0.05, 0.1) is 53.5 Å². The van der Waals surface area contributed by atoms with Crippen LogP contribution in [0.1, 0.15) is 166 Å². The number of ether oxygens (including phenoxy) is 1. The predicted molar refractivity (Wildman–Crippen MR) is 442 cm³/mol. The molecular formula is C82H102BrCl8K2MgN4O12P. The summed E-state index contributed by atoms with van der Waals surface area (Å²) in [6, 6.07) is 55.9. The van der Waals surface area contributed by atoms with Crippen molar-refractivity contribution in [3.8, 4) is 0 Å². The summed E-state index contributed by atoms with van der Waals surface area (Å²) in [5, 5.41) is 77.8. The molecule has 5 saturated carbocycles. The standard InChI is InChI=1S/C18H15P.C13H15Cl2N3O.C13H17Cl2NO.C13H16Cl2O2.C7H12O2.C6H3Cl2.C6H10O.C4H8O.CH2O3.CH4O.BrH.2K.Mg.H/c1-4-10-16(11-5-1)19(17-12-6-2-7-13-17)18-14-8-3-9-15-18;14-11-5-4-9(7-12(11)15)13(19)6-2-1-3-10(13)8-17-18-16;2*14-11-5-4-9(7-12(11)15)13(17)6-2-1-3-10(13)8-16;8-5-6-3-1-2-4-7(6)9;7-5-3-1-2-4-6(5)8;7-6-4-2-1-3-5-6;1-2-4-5-3-1;2-1-4-3;1-2;;;;;/h1-15H;4-5,7,10,19H,1-3,6,8H2;4-5,7,10,17H,1-3,6,8,16H2;4-5,7,10,16-17H,1-3,6,8H2;6,8H,1-5H2;1,3-4H;1-5H2;1-4H2;1,3H;2H,1H3;1H;;;;/q;;;;;-1;;;;;;2*+1;+2;-1/p-2. The van der Waals surface area contributed by atoms with E-state index in [1.54, 1.807) is 66.7 Å². The normalized spacial score (nSPS) is 21.1. The maximum absolute atomic E-state index is 11.0. The van der Waals surface area contributed by atoms with Crippen molar-refractivity contribution in [2.45, 2.75) is 164 Å². The first-order valence-corrected chi connectivity index (χ1v) is 40.5. The molecule has 7 aromatic rings. The monoisotopic (exact) mass is 1830 g/mol. The van der Waals surface area contributed by atoms with Crippen molar-refractivity contribution < 1.29 is 181 Å². The molecule has 7 atom stereocenters. The molecule has 6 fully saturated rings. The summed E-state index contributed by atoms with van der Waals surface area (Å²) in [6.07, 6.45) is 22.4. The van der Waals surface area contributed by atoms with Gasteiger partial charge in [0.15, 0.2) is 0 Å². The molecule has 0 spiro atoms. The van der Waals surface area contributed by atoms with E-state index in [1.165, 1.54) is 35.2 Å². The quantitative estimate of drug-likeness (QED) is 0.00691. The van der Waals surface area contributed by atoms with Gasteiger partial charge in [-0.15, -0.1) is 11.6 Å². The molecular weight excluding hydrogens is 1730 g/mol. The minimum absolute atomic E-state index is 0. The molecule has 8 N–H and O–H groups in total. The number of benzene rings is 7. The number of halogens is 9. The Labute approximate surface area is 810 Å². The molecule has 13 rings (SSSR count). The molecule has 1 saturated heterocycles. The van der Waals surface area contributed by atoms with Crippen LogP contribution in [0.5, 0.6) is 0 Å². The Morgan fingerprint density at radius 3 is 1.23 bits per heavy atom. The van der Waals surface area contributed by atoms with Crippen LogP contribution in [-0.2, 0) is 40.8 Å². The van der Waals surface area contributed by atoms with Gasteiger partial charge in [0.2, 0.25) is 0 Å². The van der Waals surface area contributed by atoms with Crippen LogP contribution in [-0.4, -0.2) is 118 Å². The van der Waals surface area contributed by atoms with Gasteiger partial charge in [-0.25, -0.2) is 0 Å². The third kappa shape index (κ3) is 38.9. The van der Waals surface area contributed by atoms with E-state index in [0.29, 0.717) is 78.3 Å². The minimum atomic E-state index is -0.985. The van der Waals surface area contributed by atoms with E-state index >= 15 is 0 Å². The van der Waals surface area contributed by atoms with Crippen LogP contribution in [0.3, 0.4) is 0 Å². The first-order valence-electron chi connectivity index (χ1n) is 36.2. The fraction of sp³-hybridized carbons (Fsp3) is 0.451. The molecule has 6 aliphatic rings. The number of ketones is 2. The minimum Gasteiger partial charge on any atom is -1.00 e. The van der Waals surface area contributed by atoms with Crippen LogP contribution < -0.4 is 147 Å². The number of nitrogens with two attached hydrogens (primary N) is 1. The summed E-state index contributed by atoms with van der Waals surface area (Å²) in [5.41, 5.74) is 13.8. The Morgan fingerprint density at radius 2 is 0.928 bits per heavy atom. The van der Waals surface area contributed by atoms with E-state index in [9.17, 15) is 30.0 Å². The molecule has 0 bridgehead atoms. The molecule has 7 aromatic carbocycles. The number of hydrogen-bond donors (Lipinski definition) is 7. The fourth-order valence-corrected chi connectivity index (χ4v) is 16.8. The van der Waals surface area contributed by atoms with Gasteiger partial charge < -0.3 is 69.7 Å². The van der Waals surface area contributed by atoms with Gasteiger partial charge in [0.25, 0.3) is 6.47 Å². The average molecular weight is 1830 g/mol. The number of aliphatic hydroxyl groups is 6. The number of hydrogen-bond acceptors (Lipinski definition) is 14. The van der Waals surface area contributed by atoms with Crippen molar-refractivity contribution in [3.63, 3.8) is 0 Å². The van der Waals surface area contributed by atoms with E-state index in [0.717, 1.165) is 146 Å². The van der Waals surface area contributed by atoms with Crippen molar-refractivity contribution in [2.75, 3.05) is 46.6 Å². The van der Waals surface area contributed by atoms with Gasteiger partial charge in [0, 0.05) is 75.4 Å². The zero-order valence-corrected chi connectivity index (χ0v) is 79.8. The van der Waals surface area contributed by atoms with Crippen molar-refractivity contribution in [1.82, 2.24) is 0 Å². The number of rotatable bonds is 12. The summed E-state index contributed by atoms with van der Waals surface area (Å²) in [4.78, 5) is 35.4. The van der Waals surface area contributed by atoms with E-state index < -0.39 is 24.7 Å².